The van der Waals surface area contributed by atoms with E-state index in [0.717, 1.165) is 16.8 Å². The third-order valence-electron chi connectivity index (χ3n) is 5.20. The molecule has 0 amide bonds. The molecular weight excluding hydrogens is 425 g/mol. The van der Waals surface area contributed by atoms with Crippen LogP contribution in [0, 0.1) is 0 Å². The summed E-state index contributed by atoms with van der Waals surface area (Å²) in [5.41, 5.74) is 4.69. The summed E-state index contributed by atoms with van der Waals surface area (Å²) < 4.78 is 46.0. The standard InChI is InChI=1S/C26H23F3N2O.CH4/c1-19(2)22-7-3-4-8-23(22)30-15-11-20(12-16-30)21-13-17-31(18-14-21)24-9-5-6-10-25(24)32-26(27,28)29;/h3-19H,1-2H3;1H4/q+2;. The van der Waals surface area contributed by atoms with Crippen molar-refractivity contribution in [3.05, 3.63) is 103 Å². The van der Waals surface area contributed by atoms with Gasteiger partial charge in [0.05, 0.1) is 0 Å². The molecule has 0 spiro atoms. The van der Waals surface area contributed by atoms with Crippen LogP contribution in [0.2, 0.25) is 0 Å². The molecule has 0 saturated heterocycles. The van der Waals surface area contributed by atoms with Crippen molar-refractivity contribution in [2.75, 3.05) is 0 Å². The topological polar surface area (TPSA) is 17.0 Å². The van der Waals surface area contributed by atoms with Crippen LogP contribution in [0.25, 0.3) is 22.5 Å². The van der Waals surface area contributed by atoms with E-state index in [1.54, 1.807) is 29.1 Å². The van der Waals surface area contributed by atoms with Gasteiger partial charge in [-0.3, -0.25) is 0 Å². The minimum Gasteiger partial charge on any atom is -0.399 e. The number of benzene rings is 2. The van der Waals surface area contributed by atoms with Gasteiger partial charge in [0, 0.05) is 42.0 Å². The van der Waals surface area contributed by atoms with Crippen molar-refractivity contribution >= 4 is 0 Å². The van der Waals surface area contributed by atoms with Crippen molar-refractivity contribution in [2.45, 2.75) is 33.6 Å². The molecule has 33 heavy (non-hydrogen) atoms. The Hall–Kier alpha value is -3.67. The van der Waals surface area contributed by atoms with Crippen molar-refractivity contribution < 1.29 is 27.0 Å². The molecule has 6 heteroatoms. The summed E-state index contributed by atoms with van der Waals surface area (Å²) in [5, 5.41) is 0. The molecule has 0 aliphatic rings. The molecule has 0 fully saturated rings. The maximum Gasteiger partial charge on any atom is 0.573 e. The third-order valence-corrected chi connectivity index (χ3v) is 5.20. The molecule has 4 aromatic rings. The van der Waals surface area contributed by atoms with Crippen molar-refractivity contribution in [2.24, 2.45) is 0 Å². The maximum atomic E-state index is 12.7. The average Bonchev–Trinajstić information content (AvgIpc) is 2.79. The Morgan fingerprint density at radius 2 is 1.12 bits per heavy atom. The SMILES string of the molecule is C.CC(C)c1ccccc1-[n+]1ccc(-c2cc[n+](-c3ccccc3OC(F)(F)F)cc2)cc1. The van der Waals surface area contributed by atoms with Crippen LogP contribution in [0.4, 0.5) is 13.2 Å². The highest BCUT2D eigenvalue weighted by molar-refractivity contribution is 5.61. The molecule has 0 bridgehead atoms. The van der Waals surface area contributed by atoms with E-state index in [1.807, 2.05) is 48.8 Å². The largest absolute Gasteiger partial charge is 0.573 e. The lowest BCUT2D eigenvalue weighted by atomic mass is 10.0. The first kappa shape index (κ1) is 24.0. The Morgan fingerprint density at radius 1 is 0.667 bits per heavy atom. The second kappa shape index (κ2) is 9.86. The van der Waals surface area contributed by atoms with Gasteiger partial charge >= 0.3 is 6.36 Å². The van der Waals surface area contributed by atoms with E-state index in [-0.39, 0.29) is 13.2 Å². The van der Waals surface area contributed by atoms with Crippen LogP contribution in [-0.2, 0) is 0 Å². The molecule has 3 nitrogen and oxygen atoms in total. The molecule has 0 atom stereocenters. The molecule has 0 saturated carbocycles. The highest BCUT2D eigenvalue weighted by Crippen LogP contribution is 2.26. The smallest absolute Gasteiger partial charge is 0.399 e. The number of rotatable bonds is 5. The van der Waals surface area contributed by atoms with Gasteiger partial charge in [0.25, 0.3) is 5.69 Å². The molecule has 170 valence electrons. The number of alkyl halides is 3. The monoisotopic (exact) mass is 452 g/mol. The molecule has 2 aromatic heterocycles. The number of para-hydroxylation sites is 3. The summed E-state index contributed by atoms with van der Waals surface area (Å²) in [6, 6.07) is 22.2. The van der Waals surface area contributed by atoms with Crippen molar-refractivity contribution in [3.63, 3.8) is 0 Å². The number of hydrogen-bond donors (Lipinski definition) is 0. The van der Waals surface area contributed by atoms with Gasteiger partial charge < -0.3 is 4.74 Å². The van der Waals surface area contributed by atoms with Gasteiger partial charge in [-0.15, -0.1) is 13.2 Å². The third kappa shape index (κ3) is 5.58. The zero-order chi connectivity index (χ0) is 22.7. The number of aromatic nitrogens is 2. The van der Waals surface area contributed by atoms with Gasteiger partial charge in [-0.1, -0.05) is 51.6 Å². The molecule has 0 radical (unpaired) electrons. The molecule has 0 aliphatic heterocycles. The molecule has 2 aromatic carbocycles. The number of hydrogen-bond acceptors (Lipinski definition) is 1. The van der Waals surface area contributed by atoms with Crippen molar-refractivity contribution in [1.29, 1.82) is 0 Å². The minimum atomic E-state index is -4.75. The minimum absolute atomic E-state index is 0. The second-order valence-corrected chi connectivity index (χ2v) is 7.72. The zero-order valence-electron chi connectivity index (χ0n) is 17.8. The number of halogens is 3. The summed E-state index contributed by atoms with van der Waals surface area (Å²) >= 11 is 0. The Balaban J connectivity index is 0.00000306. The summed E-state index contributed by atoms with van der Waals surface area (Å²) in [6.45, 7) is 4.34. The van der Waals surface area contributed by atoms with E-state index in [1.165, 1.54) is 17.7 Å². The van der Waals surface area contributed by atoms with Crippen LogP contribution < -0.4 is 13.9 Å². The Kier molecular flexibility index (Phi) is 7.16. The highest BCUT2D eigenvalue weighted by Gasteiger charge is 2.33. The van der Waals surface area contributed by atoms with Crippen LogP contribution in [0.3, 0.4) is 0 Å². The molecule has 0 aliphatic carbocycles. The van der Waals surface area contributed by atoms with E-state index >= 15 is 0 Å². The molecule has 4 rings (SSSR count). The first-order valence-corrected chi connectivity index (χ1v) is 10.3. The van der Waals surface area contributed by atoms with Gasteiger partial charge in [0.1, 0.15) is 0 Å². The highest BCUT2D eigenvalue weighted by atomic mass is 19.4. The molecular formula is C27H27F3N2O+2. The number of ether oxygens (including phenoxy) is 1. The summed E-state index contributed by atoms with van der Waals surface area (Å²) in [5.74, 6) is 0.162. The van der Waals surface area contributed by atoms with Crippen molar-refractivity contribution in [1.82, 2.24) is 0 Å². The fourth-order valence-corrected chi connectivity index (χ4v) is 3.65. The van der Waals surface area contributed by atoms with Gasteiger partial charge in [0.15, 0.2) is 24.8 Å². The van der Waals surface area contributed by atoms with E-state index in [2.05, 4.69) is 35.3 Å². The summed E-state index contributed by atoms with van der Waals surface area (Å²) in [4.78, 5) is 0. The average molecular weight is 453 g/mol. The van der Waals surface area contributed by atoms with Crippen LogP contribution in [-0.4, -0.2) is 6.36 Å². The van der Waals surface area contributed by atoms with Gasteiger partial charge in [0.2, 0.25) is 11.4 Å². The fraction of sp³-hybridized carbons (Fsp3) is 0.185. The quantitative estimate of drug-likeness (QED) is 0.313. The van der Waals surface area contributed by atoms with Crippen LogP contribution in [0.1, 0.15) is 32.8 Å². The Bertz CT molecular complexity index is 1200. The molecule has 0 unspecified atom stereocenters. The van der Waals surface area contributed by atoms with Gasteiger partial charge in [-0.05, 0) is 23.1 Å². The predicted octanol–water partition coefficient (Wildman–Crippen LogP) is 6.57. The van der Waals surface area contributed by atoms with Crippen LogP contribution >= 0.6 is 0 Å². The Morgan fingerprint density at radius 3 is 1.64 bits per heavy atom. The van der Waals surface area contributed by atoms with Gasteiger partial charge in [-0.25, -0.2) is 0 Å². The van der Waals surface area contributed by atoms with Crippen LogP contribution in [0.15, 0.2) is 97.6 Å². The Labute approximate surface area is 192 Å². The number of pyridine rings is 2. The predicted molar refractivity (Wildman–Crippen MR) is 122 cm³/mol. The second-order valence-electron chi connectivity index (χ2n) is 7.72. The molecule has 2 heterocycles. The van der Waals surface area contributed by atoms with E-state index < -0.39 is 6.36 Å². The lowest BCUT2D eigenvalue weighted by molar-refractivity contribution is -0.597. The first-order chi connectivity index (χ1) is 15.3. The normalized spacial score (nSPS) is 11.2. The number of nitrogens with zero attached hydrogens (tertiary/aromatic N) is 2. The van der Waals surface area contributed by atoms with Crippen LogP contribution in [0.5, 0.6) is 5.75 Å². The zero-order valence-corrected chi connectivity index (χ0v) is 17.8. The lowest BCUT2D eigenvalue weighted by Crippen LogP contribution is -2.31. The van der Waals surface area contributed by atoms with E-state index in [0.29, 0.717) is 11.6 Å². The van der Waals surface area contributed by atoms with Gasteiger partial charge in [-0.2, -0.15) is 9.13 Å². The fourth-order valence-electron chi connectivity index (χ4n) is 3.65. The summed E-state index contributed by atoms with van der Waals surface area (Å²) in [6.07, 6.45) is 2.74. The maximum absolute atomic E-state index is 12.7. The molecule has 0 N–H and O–H groups in total. The van der Waals surface area contributed by atoms with E-state index in [9.17, 15) is 13.2 Å². The van der Waals surface area contributed by atoms with E-state index in [4.69, 9.17) is 0 Å². The summed E-state index contributed by atoms with van der Waals surface area (Å²) in [7, 11) is 0. The lowest BCUT2D eigenvalue weighted by Gasteiger charge is -2.10. The first-order valence-electron chi connectivity index (χ1n) is 10.3. The van der Waals surface area contributed by atoms with Crippen molar-refractivity contribution in [3.8, 4) is 28.3 Å².